The molecule has 150 valence electrons. The van der Waals surface area contributed by atoms with Crippen LogP contribution in [0, 0.1) is 6.92 Å². The average molecular weight is 382 g/mol. The van der Waals surface area contributed by atoms with Gasteiger partial charge in [-0.1, -0.05) is 18.2 Å². The second kappa shape index (κ2) is 10.1. The number of hydrogen-bond acceptors (Lipinski definition) is 4. The topological polar surface area (TPSA) is 61.8 Å². The number of ether oxygens (including phenoxy) is 1. The third-order valence-corrected chi connectivity index (χ3v) is 5.29. The smallest absolute Gasteiger partial charge is 0.191 e. The van der Waals surface area contributed by atoms with Gasteiger partial charge in [0.2, 0.25) is 0 Å². The fourth-order valence-corrected chi connectivity index (χ4v) is 3.64. The molecule has 3 rings (SSSR count). The highest BCUT2D eigenvalue weighted by Crippen LogP contribution is 2.27. The summed E-state index contributed by atoms with van der Waals surface area (Å²) < 4.78 is 5.43. The van der Waals surface area contributed by atoms with Crippen LogP contribution in [-0.4, -0.2) is 49.6 Å². The van der Waals surface area contributed by atoms with Gasteiger partial charge in [-0.3, -0.25) is 14.9 Å². The number of likely N-dealkylation sites (tertiary alicyclic amines) is 1. The van der Waals surface area contributed by atoms with Crippen molar-refractivity contribution in [3.8, 4) is 5.75 Å². The highest BCUT2D eigenvalue weighted by Gasteiger charge is 2.24. The molecule has 0 saturated carbocycles. The van der Waals surface area contributed by atoms with E-state index in [1.807, 2.05) is 18.3 Å². The minimum Gasteiger partial charge on any atom is -0.497 e. The molecule has 0 bridgehead atoms. The number of aryl methyl sites for hydroxylation is 1. The Morgan fingerprint density at radius 1 is 1.21 bits per heavy atom. The second-order valence-electron chi connectivity index (χ2n) is 7.11. The molecule has 1 aromatic heterocycles. The zero-order valence-corrected chi connectivity index (χ0v) is 17.1. The molecule has 1 aromatic carbocycles. The normalized spacial score (nSPS) is 16.0. The van der Waals surface area contributed by atoms with E-state index in [0.29, 0.717) is 6.54 Å². The lowest BCUT2D eigenvalue weighted by atomic mass is 10.1. The Bertz CT molecular complexity index is 786. The van der Waals surface area contributed by atoms with Crippen LogP contribution in [0.4, 0.5) is 0 Å². The maximum absolute atomic E-state index is 5.43. The van der Waals surface area contributed by atoms with Crippen LogP contribution in [0.2, 0.25) is 0 Å². The molecular formula is C22H31N5O. The van der Waals surface area contributed by atoms with Gasteiger partial charge in [0.15, 0.2) is 5.96 Å². The van der Waals surface area contributed by atoms with Crippen molar-refractivity contribution in [1.29, 1.82) is 0 Å². The predicted molar refractivity (Wildman–Crippen MR) is 114 cm³/mol. The first-order valence-corrected chi connectivity index (χ1v) is 9.94. The lowest BCUT2D eigenvalue weighted by Gasteiger charge is -2.29. The number of rotatable bonds is 7. The third-order valence-electron chi connectivity index (χ3n) is 5.29. The van der Waals surface area contributed by atoms with Crippen LogP contribution in [0.15, 0.2) is 47.6 Å². The van der Waals surface area contributed by atoms with E-state index < -0.39 is 0 Å². The largest absolute Gasteiger partial charge is 0.497 e. The van der Waals surface area contributed by atoms with Crippen LogP contribution >= 0.6 is 0 Å². The number of nitrogens with one attached hydrogen (secondary N) is 2. The Kier molecular flexibility index (Phi) is 7.25. The first kappa shape index (κ1) is 20.1. The summed E-state index contributed by atoms with van der Waals surface area (Å²) in [5, 5.41) is 6.88. The number of nitrogens with zero attached hydrogens (tertiary/aromatic N) is 3. The highest BCUT2D eigenvalue weighted by molar-refractivity contribution is 5.79. The van der Waals surface area contributed by atoms with E-state index in [4.69, 9.17) is 4.74 Å². The van der Waals surface area contributed by atoms with Crippen molar-refractivity contribution in [3.05, 3.63) is 59.4 Å². The SMILES string of the molecule is CN=C(NCc1ncccc1C)NCC(c1cccc(OC)c1)N1CCCC1. The van der Waals surface area contributed by atoms with Crippen LogP contribution in [0.3, 0.4) is 0 Å². The van der Waals surface area contributed by atoms with E-state index >= 15 is 0 Å². The zero-order valence-electron chi connectivity index (χ0n) is 17.1. The molecule has 0 radical (unpaired) electrons. The maximum Gasteiger partial charge on any atom is 0.191 e. The van der Waals surface area contributed by atoms with Gasteiger partial charge in [0.1, 0.15) is 5.75 Å². The predicted octanol–water partition coefficient (Wildman–Crippen LogP) is 2.90. The fourth-order valence-electron chi connectivity index (χ4n) is 3.64. The van der Waals surface area contributed by atoms with Gasteiger partial charge in [0, 0.05) is 19.8 Å². The lowest BCUT2D eigenvalue weighted by molar-refractivity contribution is 0.245. The van der Waals surface area contributed by atoms with E-state index in [2.05, 4.69) is 56.7 Å². The molecule has 1 atom stereocenters. The van der Waals surface area contributed by atoms with Crippen molar-refractivity contribution < 1.29 is 4.74 Å². The summed E-state index contributed by atoms with van der Waals surface area (Å²) in [6.07, 6.45) is 4.34. The van der Waals surface area contributed by atoms with Crippen molar-refractivity contribution in [2.75, 3.05) is 33.8 Å². The van der Waals surface area contributed by atoms with Crippen LogP contribution in [0.5, 0.6) is 5.75 Å². The standard InChI is InChI=1S/C22H31N5O/c1-17-8-7-11-24-20(17)15-25-22(23-2)26-16-21(27-12-4-5-13-27)18-9-6-10-19(14-18)28-3/h6-11,14,21H,4-5,12-13,15-16H2,1-3H3,(H2,23,25,26). The number of pyridine rings is 1. The van der Waals surface area contributed by atoms with Crippen molar-refractivity contribution in [3.63, 3.8) is 0 Å². The van der Waals surface area contributed by atoms with Crippen LogP contribution in [-0.2, 0) is 6.54 Å². The quantitative estimate of drug-likeness (QED) is 0.570. The summed E-state index contributed by atoms with van der Waals surface area (Å²) >= 11 is 0. The number of benzene rings is 1. The van der Waals surface area contributed by atoms with E-state index in [0.717, 1.165) is 37.0 Å². The summed E-state index contributed by atoms with van der Waals surface area (Å²) in [7, 11) is 3.52. The Labute approximate surface area is 168 Å². The third kappa shape index (κ3) is 5.23. The van der Waals surface area contributed by atoms with Crippen LogP contribution in [0.1, 0.15) is 35.7 Å². The molecule has 1 aliphatic heterocycles. The van der Waals surface area contributed by atoms with Crippen molar-refractivity contribution in [2.45, 2.75) is 32.4 Å². The van der Waals surface area contributed by atoms with Gasteiger partial charge in [0.25, 0.3) is 0 Å². The molecule has 0 amide bonds. The van der Waals surface area contributed by atoms with E-state index in [-0.39, 0.29) is 6.04 Å². The first-order chi connectivity index (χ1) is 13.7. The molecule has 1 fully saturated rings. The van der Waals surface area contributed by atoms with Crippen molar-refractivity contribution in [2.24, 2.45) is 4.99 Å². The molecule has 6 heteroatoms. The number of aromatic nitrogens is 1. The molecule has 2 N–H and O–H groups in total. The number of methoxy groups -OCH3 is 1. The Balaban J connectivity index is 1.65. The summed E-state index contributed by atoms with van der Waals surface area (Å²) in [6, 6.07) is 12.7. The summed E-state index contributed by atoms with van der Waals surface area (Å²) in [4.78, 5) is 11.4. The molecule has 1 saturated heterocycles. The second-order valence-corrected chi connectivity index (χ2v) is 7.11. The molecule has 1 unspecified atom stereocenters. The van der Waals surface area contributed by atoms with E-state index in [1.165, 1.54) is 24.0 Å². The van der Waals surface area contributed by atoms with Gasteiger partial charge < -0.3 is 15.4 Å². The fraction of sp³-hybridized carbons (Fsp3) is 0.455. The minimum atomic E-state index is 0.285. The van der Waals surface area contributed by atoms with Crippen molar-refractivity contribution >= 4 is 5.96 Å². The number of guanidine groups is 1. The Morgan fingerprint density at radius 2 is 2.04 bits per heavy atom. The van der Waals surface area contributed by atoms with Gasteiger partial charge in [-0.05, 0) is 62.2 Å². The van der Waals surface area contributed by atoms with Gasteiger partial charge >= 0.3 is 0 Å². The molecule has 2 aromatic rings. The molecule has 1 aliphatic rings. The van der Waals surface area contributed by atoms with Crippen LogP contribution in [0.25, 0.3) is 0 Å². The Morgan fingerprint density at radius 3 is 2.75 bits per heavy atom. The molecule has 6 nitrogen and oxygen atoms in total. The number of aliphatic imine (C=N–C) groups is 1. The summed E-state index contributed by atoms with van der Waals surface area (Å²) in [6.45, 7) is 5.77. The minimum absolute atomic E-state index is 0.285. The molecule has 28 heavy (non-hydrogen) atoms. The maximum atomic E-state index is 5.43. The first-order valence-electron chi connectivity index (χ1n) is 9.94. The van der Waals surface area contributed by atoms with Gasteiger partial charge in [-0.15, -0.1) is 0 Å². The van der Waals surface area contributed by atoms with Gasteiger partial charge in [-0.2, -0.15) is 0 Å². The van der Waals surface area contributed by atoms with Gasteiger partial charge in [-0.25, -0.2) is 0 Å². The highest BCUT2D eigenvalue weighted by atomic mass is 16.5. The molecular weight excluding hydrogens is 350 g/mol. The summed E-state index contributed by atoms with van der Waals surface area (Å²) in [5.74, 6) is 1.69. The monoisotopic (exact) mass is 381 g/mol. The average Bonchev–Trinajstić information content (AvgIpc) is 3.26. The molecule has 2 heterocycles. The molecule has 0 aliphatic carbocycles. The zero-order chi connectivity index (χ0) is 19.8. The number of hydrogen-bond donors (Lipinski definition) is 2. The van der Waals surface area contributed by atoms with Crippen LogP contribution < -0.4 is 15.4 Å². The molecule has 0 spiro atoms. The van der Waals surface area contributed by atoms with E-state index in [1.54, 1.807) is 14.2 Å². The van der Waals surface area contributed by atoms with Crippen molar-refractivity contribution in [1.82, 2.24) is 20.5 Å². The van der Waals surface area contributed by atoms with E-state index in [9.17, 15) is 0 Å². The summed E-state index contributed by atoms with van der Waals surface area (Å²) in [5.41, 5.74) is 3.48. The lowest BCUT2D eigenvalue weighted by Crippen LogP contribution is -2.42. The Hall–Kier alpha value is -2.60. The van der Waals surface area contributed by atoms with Gasteiger partial charge in [0.05, 0.1) is 25.4 Å².